The van der Waals surface area contributed by atoms with Crippen LogP contribution in [0.3, 0.4) is 0 Å². The van der Waals surface area contributed by atoms with Crippen molar-refractivity contribution in [3.63, 3.8) is 0 Å². The fourth-order valence-corrected chi connectivity index (χ4v) is 3.80. The van der Waals surface area contributed by atoms with Crippen molar-refractivity contribution in [3.8, 4) is 0 Å². The zero-order chi connectivity index (χ0) is 21.4. The number of benzene rings is 1. The molecule has 31 heavy (non-hydrogen) atoms. The average Bonchev–Trinajstić information content (AvgIpc) is 3.19. The Kier molecular flexibility index (Phi) is 10.3. The van der Waals surface area contributed by atoms with E-state index in [0.717, 1.165) is 18.8 Å². The third kappa shape index (κ3) is 7.80. The summed E-state index contributed by atoms with van der Waals surface area (Å²) in [7, 11) is 0. The molecule has 3 rings (SSSR count). The molecule has 1 aliphatic rings. The van der Waals surface area contributed by atoms with Gasteiger partial charge in [-0.1, -0.05) is 30.7 Å². The van der Waals surface area contributed by atoms with E-state index in [1.54, 1.807) is 6.92 Å². The predicted octanol–water partition coefficient (Wildman–Crippen LogP) is 4.15. The highest BCUT2D eigenvalue weighted by Crippen LogP contribution is 2.22. The molecule has 1 saturated heterocycles. The maximum atomic E-state index is 10.8. The molecule has 0 spiro atoms. The minimum Gasteiger partial charge on any atom is -0.463 e. The van der Waals surface area contributed by atoms with Gasteiger partial charge in [0.15, 0.2) is 5.96 Å². The van der Waals surface area contributed by atoms with Gasteiger partial charge < -0.3 is 20.2 Å². The zero-order valence-electron chi connectivity index (χ0n) is 19.0. The number of aliphatic hydroxyl groups is 1. The summed E-state index contributed by atoms with van der Waals surface area (Å²) in [5.41, 5.74) is 1.47. The summed E-state index contributed by atoms with van der Waals surface area (Å²) in [6.07, 6.45) is 3.94. The fraction of sp³-hybridized carbons (Fsp3) is 0.542. The Morgan fingerprint density at radius 3 is 2.45 bits per heavy atom. The summed E-state index contributed by atoms with van der Waals surface area (Å²) in [5, 5.41) is 17.3. The van der Waals surface area contributed by atoms with Gasteiger partial charge in [-0.05, 0) is 70.0 Å². The molecule has 0 radical (unpaired) electrons. The van der Waals surface area contributed by atoms with Crippen molar-refractivity contribution in [2.24, 2.45) is 4.99 Å². The fourth-order valence-electron chi connectivity index (χ4n) is 3.80. The first-order valence-corrected chi connectivity index (χ1v) is 11.1. The van der Waals surface area contributed by atoms with Crippen molar-refractivity contribution in [2.75, 3.05) is 26.2 Å². The Bertz CT molecular complexity index is 828. The topological polar surface area (TPSA) is 73.0 Å². The lowest BCUT2D eigenvalue weighted by Crippen LogP contribution is -2.44. The van der Waals surface area contributed by atoms with Crippen LogP contribution in [0.5, 0.6) is 0 Å². The van der Waals surface area contributed by atoms with E-state index < -0.39 is 5.60 Å². The Hall–Kier alpha value is -1.58. The molecule has 3 N–H and O–H groups in total. The molecule has 1 aliphatic heterocycles. The summed E-state index contributed by atoms with van der Waals surface area (Å²) in [5.74, 6) is 2.03. The number of hydrogen-bond donors (Lipinski definition) is 3. The van der Waals surface area contributed by atoms with Gasteiger partial charge in [0.2, 0.25) is 0 Å². The lowest BCUT2D eigenvalue weighted by molar-refractivity contribution is 0.0378. The van der Waals surface area contributed by atoms with Crippen LogP contribution in [0.4, 0.5) is 0 Å². The van der Waals surface area contributed by atoms with Crippen LogP contribution >= 0.6 is 24.0 Å². The van der Waals surface area contributed by atoms with Crippen molar-refractivity contribution in [3.05, 3.63) is 59.0 Å². The van der Waals surface area contributed by atoms with E-state index in [-0.39, 0.29) is 24.0 Å². The monoisotopic (exact) mass is 540 g/mol. The molecule has 6 nitrogen and oxygen atoms in total. The first kappa shape index (κ1) is 25.7. The largest absolute Gasteiger partial charge is 0.463 e. The summed E-state index contributed by atoms with van der Waals surface area (Å²) in [6, 6.07) is 12.2. The number of aliphatic imine (C=N–C) groups is 1. The van der Waals surface area contributed by atoms with E-state index in [1.165, 1.54) is 43.5 Å². The molecule has 2 heterocycles. The normalized spacial score (nSPS) is 17.0. The van der Waals surface area contributed by atoms with Crippen LogP contribution in [0.1, 0.15) is 55.8 Å². The van der Waals surface area contributed by atoms with Gasteiger partial charge in [-0.15, -0.1) is 24.0 Å². The number of nitrogens with one attached hydrogen (secondary N) is 2. The van der Waals surface area contributed by atoms with Crippen LogP contribution in [-0.4, -0.2) is 42.1 Å². The molecule has 0 aliphatic carbocycles. The molecule has 172 valence electrons. The third-order valence-electron chi connectivity index (χ3n) is 5.58. The second-order valence-electron chi connectivity index (χ2n) is 8.34. The molecule has 1 atom stereocenters. The molecule has 1 unspecified atom stereocenters. The van der Waals surface area contributed by atoms with Crippen molar-refractivity contribution in [1.82, 2.24) is 15.5 Å². The molecule has 0 amide bonds. The highest BCUT2D eigenvalue weighted by atomic mass is 127. The standard InChI is InChI=1S/C24H36N4O2.HI/c1-4-25-23(27-18-24(3,29)22-13-12-19(2)30-22)26-16-20-10-6-7-11-21(20)17-28-14-8-5-9-15-28;/h6-7,10-13,29H,4-5,8-9,14-18H2,1-3H3,(H2,25,26,27);1H. The highest BCUT2D eigenvalue weighted by molar-refractivity contribution is 14.0. The molecular formula is C24H37IN4O2. The first-order valence-electron chi connectivity index (χ1n) is 11.1. The number of piperidine rings is 1. The van der Waals surface area contributed by atoms with Gasteiger partial charge in [-0.3, -0.25) is 4.90 Å². The Labute approximate surface area is 203 Å². The lowest BCUT2D eigenvalue weighted by Gasteiger charge is -2.27. The zero-order valence-corrected chi connectivity index (χ0v) is 21.3. The number of halogens is 1. The summed E-state index contributed by atoms with van der Waals surface area (Å²) in [4.78, 5) is 7.31. The number of likely N-dealkylation sites (tertiary alicyclic amines) is 1. The van der Waals surface area contributed by atoms with E-state index in [9.17, 15) is 5.11 Å². The molecule has 0 bridgehead atoms. The third-order valence-corrected chi connectivity index (χ3v) is 5.58. The van der Waals surface area contributed by atoms with Crippen molar-refractivity contribution in [1.29, 1.82) is 0 Å². The molecule has 0 saturated carbocycles. The van der Waals surface area contributed by atoms with Gasteiger partial charge in [-0.2, -0.15) is 0 Å². The number of hydrogen-bond acceptors (Lipinski definition) is 4. The number of guanidine groups is 1. The van der Waals surface area contributed by atoms with Gasteiger partial charge in [-0.25, -0.2) is 4.99 Å². The van der Waals surface area contributed by atoms with Gasteiger partial charge in [0.1, 0.15) is 17.1 Å². The minimum absolute atomic E-state index is 0. The SMILES string of the molecule is CCNC(=NCc1ccccc1CN1CCCCC1)NCC(C)(O)c1ccc(C)o1.I. The minimum atomic E-state index is -1.11. The second-order valence-corrected chi connectivity index (χ2v) is 8.34. The van der Waals surface area contributed by atoms with Crippen LogP contribution in [-0.2, 0) is 18.7 Å². The number of furan rings is 1. The van der Waals surface area contributed by atoms with E-state index >= 15 is 0 Å². The van der Waals surface area contributed by atoms with Gasteiger partial charge in [0.05, 0.1) is 13.1 Å². The van der Waals surface area contributed by atoms with Crippen LogP contribution in [0.15, 0.2) is 45.8 Å². The molecule has 1 aromatic heterocycles. The van der Waals surface area contributed by atoms with Gasteiger partial charge in [0.25, 0.3) is 0 Å². The number of aryl methyl sites for hydroxylation is 1. The van der Waals surface area contributed by atoms with Crippen LogP contribution < -0.4 is 10.6 Å². The Morgan fingerprint density at radius 2 is 1.81 bits per heavy atom. The van der Waals surface area contributed by atoms with E-state index in [1.807, 2.05) is 26.0 Å². The molecule has 1 aromatic carbocycles. The smallest absolute Gasteiger partial charge is 0.191 e. The summed E-state index contributed by atoms with van der Waals surface area (Å²) >= 11 is 0. The Morgan fingerprint density at radius 1 is 1.10 bits per heavy atom. The molecule has 7 heteroatoms. The summed E-state index contributed by atoms with van der Waals surface area (Å²) in [6.45, 7) is 10.7. The van der Waals surface area contributed by atoms with Gasteiger partial charge in [0, 0.05) is 13.1 Å². The number of rotatable bonds is 8. The number of nitrogens with zero attached hydrogens (tertiary/aromatic N) is 2. The average molecular weight is 540 g/mol. The maximum Gasteiger partial charge on any atom is 0.191 e. The molecule has 2 aromatic rings. The van der Waals surface area contributed by atoms with Crippen molar-refractivity contribution >= 4 is 29.9 Å². The van der Waals surface area contributed by atoms with E-state index in [0.29, 0.717) is 24.8 Å². The first-order chi connectivity index (χ1) is 14.5. The Balaban J connectivity index is 0.00000341. The lowest BCUT2D eigenvalue weighted by atomic mass is 10.0. The molecular weight excluding hydrogens is 503 g/mol. The molecule has 1 fully saturated rings. The van der Waals surface area contributed by atoms with Crippen LogP contribution in [0, 0.1) is 6.92 Å². The van der Waals surface area contributed by atoms with Crippen molar-refractivity contribution < 1.29 is 9.52 Å². The maximum absolute atomic E-state index is 10.8. The quantitative estimate of drug-likeness (QED) is 0.267. The summed E-state index contributed by atoms with van der Waals surface area (Å²) < 4.78 is 5.60. The van der Waals surface area contributed by atoms with E-state index in [4.69, 9.17) is 9.41 Å². The highest BCUT2D eigenvalue weighted by Gasteiger charge is 2.27. The van der Waals surface area contributed by atoms with Crippen LogP contribution in [0.25, 0.3) is 0 Å². The van der Waals surface area contributed by atoms with E-state index in [2.05, 4.69) is 39.8 Å². The van der Waals surface area contributed by atoms with Gasteiger partial charge >= 0.3 is 0 Å². The van der Waals surface area contributed by atoms with Crippen molar-refractivity contribution in [2.45, 2.75) is 58.7 Å². The predicted molar refractivity (Wildman–Crippen MR) is 137 cm³/mol. The second kappa shape index (κ2) is 12.5. The van der Waals surface area contributed by atoms with Crippen LogP contribution in [0.2, 0.25) is 0 Å².